The Kier molecular flexibility index (Phi) is 6.96. The van der Waals surface area contributed by atoms with E-state index in [1.807, 2.05) is 84.9 Å². The summed E-state index contributed by atoms with van der Waals surface area (Å²) in [4.78, 5) is 16.2. The number of benzene rings is 3. The summed E-state index contributed by atoms with van der Waals surface area (Å²) >= 11 is 3.39. The van der Waals surface area contributed by atoms with Crippen molar-refractivity contribution in [3.05, 3.63) is 101 Å². The van der Waals surface area contributed by atoms with E-state index in [1.54, 1.807) is 6.08 Å². The fraction of sp³-hybridized carbons (Fsp3) is 0. The highest BCUT2D eigenvalue weighted by Gasteiger charge is 2.14. The van der Waals surface area contributed by atoms with Gasteiger partial charge in [-0.1, -0.05) is 94.8 Å². The molecule has 0 aliphatic carbocycles. The maximum absolute atomic E-state index is 11.6. The summed E-state index contributed by atoms with van der Waals surface area (Å²) in [5.41, 5.74) is 6.20. The molecule has 0 saturated heterocycles. The zero-order valence-electron chi connectivity index (χ0n) is 17.3. The summed E-state index contributed by atoms with van der Waals surface area (Å²) in [6, 6.07) is 26.7. The Morgan fingerprint density at radius 1 is 0.879 bits per heavy atom. The minimum absolute atomic E-state index is 0.0862. The second kappa shape index (κ2) is 10.4. The van der Waals surface area contributed by atoms with Gasteiger partial charge in [0.2, 0.25) is 0 Å². The summed E-state index contributed by atoms with van der Waals surface area (Å²) in [6.07, 6.45) is 3.06. The number of nitrogens with one attached hydrogen (secondary N) is 1. The molecule has 0 aliphatic heterocycles. The van der Waals surface area contributed by atoms with E-state index in [2.05, 4.69) is 41.6 Å². The smallest absolute Gasteiger partial charge is 0.356 e. The minimum Gasteiger partial charge on any atom is -0.476 e. The number of hydrogen-bond acceptors (Lipinski definition) is 6. The predicted octanol–water partition coefficient (Wildman–Crippen LogP) is 5.53. The zero-order valence-corrected chi connectivity index (χ0v) is 18.8. The van der Waals surface area contributed by atoms with E-state index >= 15 is 0 Å². The van der Waals surface area contributed by atoms with Crippen LogP contribution in [0, 0.1) is 0 Å². The first-order chi connectivity index (χ1) is 16.1. The van der Waals surface area contributed by atoms with Gasteiger partial charge in [0.25, 0.3) is 5.95 Å². The van der Waals surface area contributed by atoms with Crippen LogP contribution in [0.2, 0.25) is 0 Å². The molecule has 4 aromatic rings. The molecule has 2 N–H and O–H groups in total. The number of aromatic nitrogens is 3. The lowest BCUT2D eigenvalue weighted by molar-refractivity contribution is -0.129. The number of rotatable bonds is 7. The third-order valence-corrected chi connectivity index (χ3v) is 5.05. The van der Waals surface area contributed by atoms with E-state index in [-0.39, 0.29) is 11.7 Å². The highest BCUT2D eigenvalue weighted by molar-refractivity contribution is 9.10. The first-order valence-corrected chi connectivity index (χ1v) is 10.8. The predicted molar refractivity (Wildman–Crippen MR) is 133 cm³/mol. The number of anilines is 1. The van der Waals surface area contributed by atoms with Gasteiger partial charge in [-0.3, -0.25) is 0 Å². The third kappa shape index (κ3) is 5.75. The van der Waals surface area contributed by atoms with Crippen molar-refractivity contribution in [2.45, 2.75) is 0 Å². The molecule has 1 heterocycles. The SMILES string of the molecule is O=C(O)C(/C=C/c1cccc(Br)c1)=N/Nc1nnc(-c2ccccc2)c(-c2ccccc2)n1. The number of halogens is 1. The lowest BCUT2D eigenvalue weighted by Gasteiger charge is -2.09. The van der Waals surface area contributed by atoms with Crippen LogP contribution in [0.1, 0.15) is 5.56 Å². The number of nitrogens with zero attached hydrogens (tertiary/aromatic N) is 4. The molecule has 0 spiro atoms. The summed E-state index contributed by atoms with van der Waals surface area (Å²) in [5, 5.41) is 21.9. The molecule has 33 heavy (non-hydrogen) atoms. The molecule has 1 aromatic heterocycles. The number of carboxylic acid groups (broad SMARTS) is 1. The highest BCUT2D eigenvalue weighted by Crippen LogP contribution is 2.28. The Balaban J connectivity index is 1.66. The topological polar surface area (TPSA) is 100 Å². The van der Waals surface area contributed by atoms with Crippen molar-refractivity contribution in [1.82, 2.24) is 15.2 Å². The first-order valence-electron chi connectivity index (χ1n) is 9.96. The van der Waals surface area contributed by atoms with Crippen LogP contribution in [-0.2, 0) is 4.79 Å². The number of carbonyl (C=O) groups is 1. The average molecular weight is 500 g/mol. The average Bonchev–Trinajstić information content (AvgIpc) is 2.85. The van der Waals surface area contributed by atoms with Crippen LogP contribution in [0.4, 0.5) is 5.95 Å². The maximum Gasteiger partial charge on any atom is 0.356 e. The molecule has 0 saturated carbocycles. The molecule has 0 amide bonds. The van der Waals surface area contributed by atoms with Crippen LogP contribution in [0.25, 0.3) is 28.6 Å². The third-order valence-electron chi connectivity index (χ3n) is 4.56. The fourth-order valence-electron chi connectivity index (χ4n) is 3.01. The van der Waals surface area contributed by atoms with Crippen LogP contribution in [0.3, 0.4) is 0 Å². The maximum atomic E-state index is 11.6. The molecule has 0 fully saturated rings. The minimum atomic E-state index is -1.19. The van der Waals surface area contributed by atoms with Crippen LogP contribution in [0.5, 0.6) is 0 Å². The van der Waals surface area contributed by atoms with Gasteiger partial charge in [-0.05, 0) is 23.8 Å². The van der Waals surface area contributed by atoms with Gasteiger partial charge in [0.05, 0.1) is 0 Å². The Morgan fingerprint density at radius 2 is 1.55 bits per heavy atom. The molecular formula is C25H18BrN5O2. The number of hydrazone groups is 1. The molecule has 0 bridgehead atoms. The Hall–Kier alpha value is -4.17. The molecule has 3 aromatic carbocycles. The summed E-state index contributed by atoms with van der Waals surface area (Å²) < 4.78 is 0.892. The Morgan fingerprint density at radius 3 is 2.18 bits per heavy atom. The molecule has 4 rings (SSSR count). The second-order valence-electron chi connectivity index (χ2n) is 6.87. The molecule has 8 heteroatoms. The lowest BCUT2D eigenvalue weighted by Crippen LogP contribution is -2.13. The van der Waals surface area contributed by atoms with Gasteiger partial charge in [0, 0.05) is 15.6 Å². The van der Waals surface area contributed by atoms with Crippen molar-refractivity contribution in [2.24, 2.45) is 5.10 Å². The van der Waals surface area contributed by atoms with Crippen molar-refractivity contribution in [3.63, 3.8) is 0 Å². The van der Waals surface area contributed by atoms with Crippen LogP contribution < -0.4 is 5.43 Å². The summed E-state index contributed by atoms with van der Waals surface area (Å²) in [7, 11) is 0. The van der Waals surface area contributed by atoms with E-state index < -0.39 is 5.97 Å². The van der Waals surface area contributed by atoms with Crippen molar-refractivity contribution in [3.8, 4) is 22.5 Å². The zero-order chi connectivity index (χ0) is 23.0. The molecule has 0 atom stereocenters. The summed E-state index contributed by atoms with van der Waals surface area (Å²) in [5.74, 6) is -1.10. The van der Waals surface area contributed by atoms with Crippen molar-refractivity contribution in [2.75, 3.05) is 5.43 Å². The monoisotopic (exact) mass is 499 g/mol. The summed E-state index contributed by atoms with van der Waals surface area (Å²) in [6.45, 7) is 0. The Bertz CT molecular complexity index is 1330. The Labute approximate surface area is 198 Å². The van der Waals surface area contributed by atoms with Gasteiger partial charge in [-0.15, -0.1) is 10.2 Å². The van der Waals surface area contributed by atoms with Gasteiger partial charge in [0.15, 0.2) is 5.71 Å². The molecular weight excluding hydrogens is 482 g/mol. The van der Waals surface area contributed by atoms with Crippen molar-refractivity contribution < 1.29 is 9.90 Å². The molecule has 7 nitrogen and oxygen atoms in total. The molecule has 0 radical (unpaired) electrons. The van der Waals surface area contributed by atoms with E-state index in [1.165, 1.54) is 6.08 Å². The molecule has 0 aliphatic rings. The number of carboxylic acids is 1. The van der Waals surface area contributed by atoms with Gasteiger partial charge >= 0.3 is 5.97 Å². The number of aliphatic carboxylic acids is 1. The largest absolute Gasteiger partial charge is 0.476 e. The van der Waals surface area contributed by atoms with E-state index in [4.69, 9.17) is 0 Å². The first kappa shape index (κ1) is 22.0. The molecule has 0 unspecified atom stereocenters. The van der Waals surface area contributed by atoms with Crippen molar-refractivity contribution >= 4 is 39.6 Å². The van der Waals surface area contributed by atoms with Crippen LogP contribution in [-0.4, -0.2) is 32.0 Å². The van der Waals surface area contributed by atoms with Crippen LogP contribution in [0.15, 0.2) is 101 Å². The highest BCUT2D eigenvalue weighted by atomic mass is 79.9. The van der Waals surface area contributed by atoms with E-state index in [9.17, 15) is 9.90 Å². The lowest BCUT2D eigenvalue weighted by atomic mass is 10.0. The number of hydrogen-bond donors (Lipinski definition) is 2. The van der Waals surface area contributed by atoms with Gasteiger partial charge < -0.3 is 5.11 Å². The van der Waals surface area contributed by atoms with Gasteiger partial charge in [0.1, 0.15) is 11.4 Å². The fourth-order valence-corrected chi connectivity index (χ4v) is 3.43. The van der Waals surface area contributed by atoms with Crippen LogP contribution >= 0.6 is 15.9 Å². The van der Waals surface area contributed by atoms with E-state index in [0.717, 1.165) is 21.2 Å². The second-order valence-corrected chi connectivity index (χ2v) is 7.78. The molecule has 162 valence electrons. The quantitative estimate of drug-likeness (QED) is 0.256. The van der Waals surface area contributed by atoms with E-state index in [0.29, 0.717) is 11.4 Å². The standard InChI is InChI=1S/C25H18BrN5O2/c26-20-13-7-8-17(16-20)14-15-21(24(32)33)28-30-25-27-22(18-9-3-1-4-10-18)23(29-31-25)19-11-5-2-6-12-19/h1-16H,(H,32,33)(H,27,30,31)/b15-14+,28-21+. The van der Waals surface area contributed by atoms with Gasteiger partial charge in [-0.25, -0.2) is 15.2 Å². The van der Waals surface area contributed by atoms with Gasteiger partial charge in [-0.2, -0.15) is 5.10 Å². The van der Waals surface area contributed by atoms with Crippen molar-refractivity contribution in [1.29, 1.82) is 0 Å². The normalized spacial score (nSPS) is 11.5.